The van der Waals surface area contributed by atoms with Crippen molar-refractivity contribution in [2.24, 2.45) is 0 Å². The van der Waals surface area contributed by atoms with Gasteiger partial charge in [0.15, 0.2) is 0 Å². The van der Waals surface area contributed by atoms with E-state index in [0.717, 1.165) is 29.9 Å². The van der Waals surface area contributed by atoms with Gasteiger partial charge in [0, 0.05) is 16.8 Å². The summed E-state index contributed by atoms with van der Waals surface area (Å²) in [5, 5.41) is 1.26. The monoisotopic (exact) mass is 291 g/mol. The van der Waals surface area contributed by atoms with Gasteiger partial charge in [-0.2, -0.15) is 0 Å². The first-order chi connectivity index (χ1) is 10.7. The van der Waals surface area contributed by atoms with E-state index in [1.807, 2.05) is 12.1 Å². The standard InChI is InChI=1S/C20H21NO/c1-4-7-18-14-17-8-5-6-9-20(17)21(18)15(2)16-10-12-19(22-3)13-11-16/h5-6,8-14H,2,4,7H2,1,3H3. The van der Waals surface area contributed by atoms with E-state index in [1.165, 1.54) is 16.6 Å². The third-order valence-electron chi connectivity index (χ3n) is 3.99. The molecule has 0 aliphatic rings. The molecule has 3 rings (SSSR count). The Morgan fingerprint density at radius 1 is 1.09 bits per heavy atom. The van der Waals surface area contributed by atoms with Crippen LogP contribution in [0.4, 0.5) is 0 Å². The van der Waals surface area contributed by atoms with Gasteiger partial charge >= 0.3 is 0 Å². The summed E-state index contributed by atoms with van der Waals surface area (Å²) in [7, 11) is 1.68. The first-order valence-electron chi connectivity index (χ1n) is 7.67. The van der Waals surface area contributed by atoms with Gasteiger partial charge in [0.2, 0.25) is 0 Å². The fraction of sp³-hybridized carbons (Fsp3) is 0.200. The number of benzene rings is 2. The van der Waals surface area contributed by atoms with Crippen molar-refractivity contribution in [1.82, 2.24) is 4.57 Å². The topological polar surface area (TPSA) is 14.2 Å². The van der Waals surface area contributed by atoms with Crippen LogP contribution in [-0.4, -0.2) is 11.7 Å². The molecule has 0 N–H and O–H groups in total. The molecule has 1 aromatic heterocycles. The highest BCUT2D eigenvalue weighted by molar-refractivity contribution is 5.87. The van der Waals surface area contributed by atoms with Crippen LogP contribution >= 0.6 is 0 Å². The molecule has 0 atom stereocenters. The zero-order chi connectivity index (χ0) is 15.5. The number of hydrogen-bond donors (Lipinski definition) is 0. The van der Waals surface area contributed by atoms with Crippen LogP contribution in [0.3, 0.4) is 0 Å². The first-order valence-corrected chi connectivity index (χ1v) is 7.67. The molecule has 2 heteroatoms. The minimum absolute atomic E-state index is 0.864. The molecule has 0 aliphatic heterocycles. The largest absolute Gasteiger partial charge is 0.497 e. The summed E-state index contributed by atoms with van der Waals surface area (Å²) in [6.45, 7) is 6.54. The summed E-state index contributed by atoms with van der Waals surface area (Å²) in [5.74, 6) is 0.864. The molecule has 0 saturated carbocycles. The van der Waals surface area contributed by atoms with Crippen molar-refractivity contribution < 1.29 is 4.74 Å². The zero-order valence-corrected chi connectivity index (χ0v) is 13.2. The summed E-state index contributed by atoms with van der Waals surface area (Å²) < 4.78 is 7.51. The second-order valence-corrected chi connectivity index (χ2v) is 5.46. The highest BCUT2D eigenvalue weighted by Gasteiger charge is 2.11. The molecule has 22 heavy (non-hydrogen) atoms. The molecule has 2 aromatic carbocycles. The van der Waals surface area contributed by atoms with E-state index in [9.17, 15) is 0 Å². The third-order valence-corrected chi connectivity index (χ3v) is 3.99. The third kappa shape index (κ3) is 2.52. The molecule has 0 saturated heterocycles. The van der Waals surface area contributed by atoms with Crippen molar-refractivity contribution in [3.63, 3.8) is 0 Å². The predicted molar refractivity (Wildman–Crippen MR) is 93.4 cm³/mol. The van der Waals surface area contributed by atoms with Crippen LogP contribution in [0.1, 0.15) is 24.6 Å². The van der Waals surface area contributed by atoms with E-state index in [0.29, 0.717) is 0 Å². The lowest BCUT2D eigenvalue weighted by atomic mass is 10.1. The Bertz CT molecular complexity index is 796. The number of hydrogen-bond acceptors (Lipinski definition) is 1. The Kier molecular flexibility index (Phi) is 4.01. The summed E-state index contributed by atoms with van der Waals surface area (Å²) in [5.41, 5.74) is 4.64. The van der Waals surface area contributed by atoms with E-state index < -0.39 is 0 Å². The molecule has 0 bridgehead atoms. The number of para-hydroxylation sites is 1. The lowest BCUT2D eigenvalue weighted by Crippen LogP contribution is -2.02. The second kappa shape index (κ2) is 6.10. The Balaban J connectivity index is 2.10. The molecule has 1 heterocycles. The number of rotatable bonds is 5. The molecule has 112 valence electrons. The maximum absolute atomic E-state index is 5.24. The van der Waals surface area contributed by atoms with Crippen LogP contribution in [-0.2, 0) is 6.42 Å². The van der Waals surface area contributed by atoms with E-state index in [1.54, 1.807) is 7.11 Å². The number of aromatic nitrogens is 1. The molecule has 0 unspecified atom stereocenters. The van der Waals surface area contributed by atoms with E-state index >= 15 is 0 Å². The van der Waals surface area contributed by atoms with E-state index in [2.05, 4.69) is 60.5 Å². The maximum atomic E-state index is 5.24. The number of ether oxygens (including phenoxy) is 1. The van der Waals surface area contributed by atoms with Gasteiger partial charge in [-0.1, -0.05) is 38.1 Å². The van der Waals surface area contributed by atoms with Crippen LogP contribution < -0.4 is 4.74 Å². The van der Waals surface area contributed by atoms with Crippen LogP contribution in [0, 0.1) is 0 Å². The predicted octanol–water partition coefficient (Wildman–Crippen LogP) is 5.12. The second-order valence-electron chi connectivity index (χ2n) is 5.46. The molecule has 3 aromatic rings. The van der Waals surface area contributed by atoms with Gasteiger partial charge in [-0.15, -0.1) is 0 Å². The van der Waals surface area contributed by atoms with Gasteiger partial charge in [0.25, 0.3) is 0 Å². The van der Waals surface area contributed by atoms with Gasteiger partial charge in [0.05, 0.1) is 12.6 Å². The quantitative estimate of drug-likeness (QED) is 0.636. The Morgan fingerprint density at radius 2 is 1.82 bits per heavy atom. The molecule has 0 radical (unpaired) electrons. The zero-order valence-electron chi connectivity index (χ0n) is 13.2. The van der Waals surface area contributed by atoms with Crippen molar-refractivity contribution in [2.75, 3.05) is 7.11 Å². The van der Waals surface area contributed by atoms with Gasteiger partial charge < -0.3 is 9.30 Å². The fourth-order valence-electron chi connectivity index (χ4n) is 2.88. The smallest absolute Gasteiger partial charge is 0.118 e. The lowest BCUT2D eigenvalue weighted by Gasteiger charge is -2.14. The fourth-order valence-corrected chi connectivity index (χ4v) is 2.88. The minimum atomic E-state index is 0.864. The van der Waals surface area contributed by atoms with Crippen LogP contribution in [0.25, 0.3) is 16.6 Å². The Labute approximate surface area is 131 Å². The Hall–Kier alpha value is -2.48. The molecule has 0 aliphatic carbocycles. The Morgan fingerprint density at radius 3 is 2.50 bits per heavy atom. The van der Waals surface area contributed by atoms with Crippen molar-refractivity contribution in [2.45, 2.75) is 19.8 Å². The van der Waals surface area contributed by atoms with E-state index in [-0.39, 0.29) is 0 Å². The average Bonchev–Trinajstić information content (AvgIpc) is 2.92. The minimum Gasteiger partial charge on any atom is -0.497 e. The van der Waals surface area contributed by atoms with Crippen molar-refractivity contribution in [1.29, 1.82) is 0 Å². The van der Waals surface area contributed by atoms with Crippen molar-refractivity contribution in [3.05, 3.63) is 72.4 Å². The number of nitrogens with zero attached hydrogens (tertiary/aromatic N) is 1. The number of fused-ring (bicyclic) bond motifs is 1. The SMILES string of the molecule is C=C(c1ccc(OC)cc1)n1c(CCC)cc2ccccc21. The van der Waals surface area contributed by atoms with Crippen LogP contribution in [0.15, 0.2) is 61.2 Å². The van der Waals surface area contributed by atoms with Gasteiger partial charge in [0.1, 0.15) is 5.75 Å². The summed E-state index contributed by atoms with van der Waals surface area (Å²) in [4.78, 5) is 0. The molecular formula is C20H21NO. The summed E-state index contributed by atoms with van der Waals surface area (Å²) in [6.07, 6.45) is 2.16. The lowest BCUT2D eigenvalue weighted by molar-refractivity contribution is 0.415. The molecule has 0 spiro atoms. The van der Waals surface area contributed by atoms with Gasteiger partial charge in [-0.3, -0.25) is 0 Å². The van der Waals surface area contributed by atoms with Gasteiger partial charge in [-0.05, 0) is 48.4 Å². The average molecular weight is 291 g/mol. The molecule has 0 amide bonds. The highest BCUT2D eigenvalue weighted by Crippen LogP contribution is 2.28. The summed E-state index contributed by atoms with van der Waals surface area (Å²) in [6, 6.07) is 18.8. The molecular weight excluding hydrogens is 270 g/mol. The maximum Gasteiger partial charge on any atom is 0.118 e. The van der Waals surface area contributed by atoms with Crippen molar-refractivity contribution >= 4 is 16.6 Å². The van der Waals surface area contributed by atoms with Crippen LogP contribution in [0.5, 0.6) is 5.75 Å². The van der Waals surface area contributed by atoms with Crippen molar-refractivity contribution in [3.8, 4) is 5.75 Å². The molecule has 0 fully saturated rings. The molecule has 2 nitrogen and oxygen atoms in total. The number of methoxy groups -OCH3 is 1. The normalized spacial score (nSPS) is 10.8. The summed E-state index contributed by atoms with van der Waals surface area (Å²) >= 11 is 0. The highest BCUT2D eigenvalue weighted by atomic mass is 16.5. The first kappa shape index (κ1) is 14.5. The van der Waals surface area contributed by atoms with Gasteiger partial charge in [-0.25, -0.2) is 0 Å². The van der Waals surface area contributed by atoms with E-state index in [4.69, 9.17) is 4.74 Å². The van der Waals surface area contributed by atoms with Crippen LogP contribution in [0.2, 0.25) is 0 Å². The number of aryl methyl sites for hydroxylation is 1.